The molecule has 7 nitrogen and oxygen atoms in total. The molecule has 0 spiro atoms. The lowest BCUT2D eigenvalue weighted by atomic mass is 10.1. The SMILES string of the molecule is CC(C(=O)NCCN1CCOCC1)/C(N)=N/O. The quantitative estimate of drug-likeness (QED) is 0.244. The molecule has 0 aromatic carbocycles. The van der Waals surface area contributed by atoms with E-state index in [4.69, 9.17) is 15.7 Å². The van der Waals surface area contributed by atoms with Gasteiger partial charge in [0.15, 0.2) is 5.84 Å². The minimum absolute atomic E-state index is 0.0751. The number of amidine groups is 1. The van der Waals surface area contributed by atoms with Crippen LogP contribution >= 0.6 is 0 Å². The van der Waals surface area contributed by atoms with Crippen molar-refractivity contribution < 1.29 is 14.7 Å². The van der Waals surface area contributed by atoms with Crippen molar-refractivity contribution in [3.05, 3.63) is 0 Å². The summed E-state index contributed by atoms with van der Waals surface area (Å²) in [5.41, 5.74) is 5.34. The Balaban J connectivity index is 2.19. The van der Waals surface area contributed by atoms with Crippen LogP contribution in [-0.2, 0) is 9.53 Å². The summed E-state index contributed by atoms with van der Waals surface area (Å²) in [5.74, 6) is -0.910. The summed E-state index contributed by atoms with van der Waals surface area (Å²) in [6, 6.07) is 0. The molecule has 4 N–H and O–H groups in total. The molecular weight excluding hydrogens is 224 g/mol. The number of hydrogen-bond acceptors (Lipinski definition) is 5. The van der Waals surface area contributed by atoms with Crippen molar-refractivity contribution >= 4 is 11.7 Å². The van der Waals surface area contributed by atoms with E-state index in [1.54, 1.807) is 6.92 Å². The van der Waals surface area contributed by atoms with Crippen molar-refractivity contribution in [3.8, 4) is 0 Å². The molecule has 1 aliphatic heterocycles. The number of amides is 1. The van der Waals surface area contributed by atoms with Crippen LogP contribution < -0.4 is 11.1 Å². The summed E-state index contributed by atoms with van der Waals surface area (Å²) in [5, 5.41) is 14.0. The van der Waals surface area contributed by atoms with Gasteiger partial charge < -0.3 is 21.0 Å². The lowest BCUT2D eigenvalue weighted by molar-refractivity contribution is -0.122. The van der Waals surface area contributed by atoms with Gasteiger partial charge in [-0.15, -0.1) is 0 Å². The zero-order valence-corrected chi connectivity index (χ0v) is 10.1. The van der Waals surface area contributed by atoms with E-state index in [1.807, 2.05) is 0 Å². The molecule has 1 aliphatic rings. The summed E-state index contributed by atoms with van der Waals surface area (Å²) in [4.78, 5) is 13.8. The highest BCUT2D eigenvalue weighted by Gasteiger charge is 2.17. The van der Waals surface area contributed by atoms with Gasteiger partial charge >= 0.3 is 0 Å². The zero-order valence-electron chi connectivity index (χ0n) is 10.1. The molecule has 1 unspecified atom stereocenters. The Labute approximate surface area is 101 Å². The molecule has 98 valence electrons. The lowest BCUT2D eigenvalue weighted by Gasteiger charge is -2.26. The fourth-order valence-corrected chi connectivity index (χ4v) is 1.54. The third-order valence-electron chi connectivity index (χ3n) is 2.78. The molecule has 0 aliphatic carbocycles. The first-order valence-corrected chi connectivity index (χ1v) is 5.70. The molecule has 7 heteroatoms. The van der Waals surface area contributed by atoms with Crippen LogP contribution in [0.2, 0.25) is 0 Å². The summed E-state index contributed by atoms with van der Waals surface area (Å²) in [6.45, 7) is 6.22. The molecule has 0 aromatic heterocycles. The van der Waals surface area contributed by atoms with Crippen LogP contribution in [0.25, 0.3) is 0 Å². The molecule has 1 fully saturated rings. The largest absolute Gasteiger partial charge is 0.409 e. The van der Waals surface area contributed by atoms with Gasteiger partial charge in [-0.25, -0.2) is 0 Å². The van der Waals surface area contributed by atoms with Crippen molar-refractivity contribution in [2.45, 2.75) is 6.92 Å². The molecule has 1 atom stereocenters. The van der Waals surface area contributed by atoms with E-state index in [2.05, 4.69) is 15.4 Å². The molecular formula is C10H20N4O3. The smallest absolute Gasteiger partial charge is 0.230 e. The first kappa shape index (κ1) is 13.7. The number of carbonyl (C=O) groups excluding carboxylic acids is 1. The number of nitrogens with two attached hydrogens (primary N) is 1. The minimum Gasteiger partial charge on any atom is -0.409 e. The first-order chi connectivity index (χ1) is 8.15. The average molecular weight is 244 g/mol. The summed E-state index contributed by atoms with van der Waals surface area (Å²) in [7, 11) is 0. The molecule has 1 saturated heterocycles. The highest BCUT2D eigenvalue weighted by Crippen LogP contribution is 1.96. The Bertz CT molecular complexity index is 277. The van der Waals surface area contributed by atoms with Gasteiger partial charge in [-0.05, 0) is 6.92 Å². The second-order valence-corrected chi connectivity index (χ2v) is 3.99. The van der Waals surface area contributed by atoms with Gasteiger partial charge in [0.25, 0.3) is 0 Å². The third kappa shape index (κ3) is 4.58. The van der Waals surface area contributed by atoms with E-state index in [1.165, 1.54) is 0 Å². The van der Waals surface area contributed by atoms with Gasteiger partial charge in [0.1, 0.15) is 0 Å². The number of oxime groups is 1. The van der Waals surface area contributed by atoms with Crippen LogP contribution in [0.3, 0.4) is 0 Å². The van der Waals surface area contributed by atoms with E-state index in [-0.39, 0.29) is 11.7 Å². The van der Waals surface area contributed by atoms with Gasteiger partial charge in [0, 0.05) is 26.2 Å². The number of morpholine rings is 1. The standard InChI is InChI=1S/C10H20N4O3/c1-8(9(11)13-16)10(15)12-2-3-14-4-6-17-7-5-14/h8,16H,2-7H2,1H3,(H2,11,13)(H,12,15). The second-order valence-electron chi connectivity index (χ2n) is 3.99. The molecule has 0 radical (unpaired) electrons. The van der Waals surface area contributed by atoms with Crippen LogP contribution in [0.1, 0.15) is 6.92 Å². The molecule has 1 rings (SSSR count). The van der Waals surface area contributed by atoms with Crippen molar-refractivity contribution in [2.75, 3.05) is 39.4 Å². The van der Waals surface area contributed by atoms with Crippen LogP contribution in [-0.4, -0.2) is 61.2 Å². The van der Waals surface area contributed by atoms with Gasteiger partial charge in [-0.2, -0.15) is 0 Å². The summed E-state index contributed by atoms with van der Waals surface area (Å²) >= 11 is 0. The first-order valence-electron chi connectivity index (χ1n) is 5.70. The maximum atomic E-state index is 11.6. The normalized spacial score (nSPS) is 19.9. The minimum atomic E-state index is -0.607. The van der Waals surface area contributed by atoms with Crippen LogP contribution in [0.4, 0.5) is 0 Å². The number of nitrogens with one attached hydrogen (secondary N) is 1. The number of hydrogen-bond donors (Lipinski definition) is 3. The molecule has 0 bridgehead atoms. The topological polar surface area (TPSA) is 100 Å². The van der Waals surface area contributed by atoms with Gasteiger partial charge in [-0.1, -0.05) is 5.16 Å². The Hall–Kier alpha value is -1.34. The fourth-order valence-electron chi connectivity index (χ4n) is 1.54. The number of rotatable bonds is 5. The predicted octanol–water partition coefficient (Wildman–Crippen LogP) is -1.18. The van der Waals surface area contributed by atoms with E-state index >= 15 is 0 Å². The highest BCUT2D eigenvalue weighted by atomic mass is 16.5. The highest BCUT2D eigenvalue weighted by molar-refractivity contribution is 6.01. The molecule has 0 aromatic rings. The van der Waals surface area contributed by atoms with Gasteiger partial charge in [0.05, 0.1) is 19.1 Å². The number of ether oxygens (including phenoxy) is 1. The van der Waals surface area contributed by atoms with Crippen molar-refractivity contribution in [3.63, 3.8) is 0 Å². The Morgan fingerprint density at radius 3 is 2.82 bits per heavy atom. The Morgan fingerprint density at radius 2 is 2.24 bits per heavy atom. The maximum absolute atomic E-state index is 11.6. The van der Waals surface area contributed by atoms with E-state index in [9.17, 15) is 4.79 Å². The number of nitrogens with zero attached hydrogens (tertiary/aromatic N) is 2. The van der Waals surface area contributed by atoms with Crippen molar-refractivity contribution in [1.82, 2.24) is 10.2 Å². The molecule has 1 heterocycles. The lowest BCUT2D eigenvalue weighted by Crippen LogP contribution is -2.43. The second kappa shape index (κ2) is 7.08. The molecule has 0 saturated carbocycles. The maximum Gasteiger partial charge on any atom is 0.230 e. The third-order valence-corrected chi connectivity index (χ3v) is 2.78. The predicted molar refractivity (Wildman–Crippen MR) is 62.8 cm³/mol. The monoisotopic (exact) mass is 244 g/mol. The molecule has 17 heavy (non-hydrogen) atoms. The Morgan fingerprint density at radius 1 is 1.59 bits per heavy atom. The van der Waals surface area contributed by atoms with E-state index in [0.29, 0.717) is 6.54 Å². The summed E-state index contributed by atoms with van der Waals surface area (Å²) < 4.78 is 5.22. The Kier molecular flexibility index (Phi) is 5.71. The van der Waals surface area contributed by atoms with E-state index in [0.717, 1.165) is 32.8 Å². The van der Waals surface area contributed by atoms with Crippen LogP contribution in [0.5, 0.6) is 0 Å². The van der Waals surface area contributed by atoms with Crippen LogP contribution in [0.15, 0.2) is 5.16 Å². The molecule has 1 amide bonds. The van der Waals surface area contributed by atoms with Crippen molar-refractivity contribution in [2.24, 2.45) is 16.8 Å². The van der Waals surface area contributed by atoms with Gasteiger partial charge in [0.2, 0.25) is 5.91 Å². The van der Waals surface area contributed by atoms with Crippen molar-refractivity contribution in [1.29, 1.82) is 0 Å². The average Bonchev–Trinajstić information content (AvgIpc) is 2.38. The van der Waals surface area contributed by atoms with Crippen LogP contribution in [0, 0.1) is 5.92 Å². The zero-order chi connectivity index (χ0) is 12.7. The van der Waals surface area contributed by atoms with E-state index < -0.39 is 5.92 Å². The fraction of sp³-hybridized carbons (Fsp3) is 0.800. The van der Waals surface area contributed by atoms with Gasteiger partial charge in [-0.3, -0.25) is 9.69 Å². The summed E-state index contributed by atoms with van der Waals surface area (Å²) in [6.07, 6.45) is 0. The number of carbonyl (C=O) groups is 1.